The fraction of sp³-hybridized carbons (Fsp3) is 0.143. The highest BCUT2D eigenvalue weighted by Gasteiger charge is 2.12. The van der Waals surface area contributed by atoms with Crippen LogP contribution in [-0.2, 0) is 0 Å². The lowest BCUT2D eigenvalue weighted by Crippen LogP contribution is -2.20. The number of aromatic nitrogens is 3. The molecule has 4 N–H and O–H groups in total. The van der Waals surface area contributed by atoms with Crippen LogP contribution in [0.25, 0.3) is 17.3 Å². The quantitative estimate of drug-likeness (QED) is 0.573. The van der Waals surface area contributed by atoms with Gasteiger partial charge in [0.25, 0.3) is 0 Å². The first-order valence-electron chi connectivity index (χ1n) is 5.86. The maximum atomic E-state index is 9.46. The zero-order chi connectivity index (χ0) is 13.8. The summed E-state index contributed by atoms with van der Waals surface area (Å²) in [6.45, 7) is 5.56. The van der Waals surface area contributed by atoms with Crippen molar-refractivity contribution in [3.8, 4) is 11.3 Å². The lowest BCUT2D eigenvalue weighted by Gasteiger charge is -2.06. The average molecular weight is 256 g/mol. The second-order valence-electron chi connectivity index (χ2n) is 4.14. The molecule has 0 saturated heterocycles. The van der Waals surface area contributed by atoms with E-state index in [2.05, 4.69) is 21.8 Å². The van der Waals surface area contributed by atoms with Gasteiger partial charge in [-0.25, -0.2) is 0 Å². The number of hydrogen-bond donors (Lipinski definition) is 3. The second-order valence-corrected chi connectivity index (χ2v) is 4.14. The van der Waals surface area contributed by atoms with Crippen molar-refractivity contribution < 1.29 is 5.11 Å². The number of hydrogen-bond acceptors (Lipinski definition) is 4. The van der Waals surface area contributed by atoms with Crippen molar-refractivity contribution in [3.63, 3.8) is 0 Å². The monoisotopic (exact) mass is 256 g/mol. The smallest absolute Gasteiger partial charge is 0.128 e. The van der Waals surface area contributed by atoms with Crippen LogP contribution in [0, 0.1) is 6.92 Å². The largest absolute Gasteiger partial charge is 0.375 e. The molecular weight excluding hydrogens is 240 g/mol. The third kappa shape index (κ3) is 2.78. The molecule has 5 nitrogen and oxygen atoms in total. The van der Waals surface area contributed by atoms with Crippen LogP contribution in [0.2, 0.25) is 0 Å². The van der Waals surface area contributed by atoms with E-state index in [-0.39, 0.29) is 0 Å². The number of H-pyrrole nitrogens is 1. The van der Waals surface area contributed by atoms with Crippen molar-refractivity contribution in [2.45, 2.75) is 13.2 Å². The predicted octanol–water partition coefficient (Wildman–Crippen LogP) is 1.63. The molecule has 19 heavy (non-hydrogen) atoms. The maximum Gasteiger partial charge on any atom is 0.128 e. The number of aryl methyl sites for hydroxylation is 1. The third-order valence-electron chi connectivity index (χ3n) is 2.84. The summed E-state index contributed by atoms with van der Waals surface area (Å²) in [5.41, 5.74) is 9.53. The lowest BCUT2D eigenvalue weighted by molar-refractivity contribution is 0.224. The Morgan fingerprint density at radius 1 is 1.47 bits per heavy atom. The summed E-state index contributed by atoms with van der Waals surface area (Å²) >= 11 is 0. The van der Waals surface area contributed by atoms with Gasteiger partial charge in [-0.15, -0.1) is 0 Å². The lowest BCUT2D eigenvalue weighted by atomic mass is 10.0. The van der Waals surface area contributed by atoms with E-state index in [9.17, 15) is 5.11 Å². The van der Waals surface area contributed by atoms with Gasteiger partial charge in [0.2, 0.25) is 0 Å². The molecule has 1 unspecified atom stereocenters. The Balaban J connectivity index is 2.53. The predicted molar refractivity (Wildman–Crippen MR) is 74.9 cm³/mol. The molecule has 0 fully saturated rings. The van der Waals surface area contributed by atoms with E-state index in [0.29, 0.717) is 5.57 Å². The van der Waals surface area contributed by atoms with Crippen LogP contribution in [0.4, 0.5) is 0 Å². The Labute approximate surface area is 111 Å². The van der Waals surface area contributed by atoms with Gasteiger partial charge in [0, 0.05) is 29.2 Å². The average Bonchev–Trinajstić information content (AvgIpc) is 2.78. The van der Waals surface area contributed by atoms with Gasteiger partial charge in [0.1, 0.15) is 6.23 Å². The fourth-order valence-electron chi connectivity index (χ4n) is 1.78. The molecule has 0 aliphatic rings. The van der Waals surface area contributed by atoms with Gasteiger partial charge in [0.05, 0.1) is 5.69 Å². The number of pyridine rings is 1. The van der Waals surface area contributed by atoms with Gasteiger partial charge in [-0.3, -0.25) is 10.1 Å². The van der Waals surface area contributed by atoms with Crippen molar-refractivity contribution in [2.75, 3.05) is 0 Å². The molecule has 5 heteroatoms. The van der Waals surface area contributed by atoms with E-state index in [1.807, 2.05) is 19.1 Å². The minimum atomic E-state index is -1.06. The van der Waals surface area contributed by atoms with Crippen LogP contribution < -0.4 is 5.73 Å². The highest BCUT2D eigenvalue weighted by atomic mass is 16.3. The van der Waals surface area contributed by atoms with Gasteiger partial charge < -0.3 is 10.8 Å². The van der Waals surface area contributed by atoms with Gasteiger partial charge in [-0.2, -0.15) is 5.10 Å². The van der Waals surface area contributed by atoms with E-state index < -0.39 is 6.23 Å². The zero-order valence-corrected chi connectivity index (χ0v) is 10.7. The first kappa shape index (κ1) is 13.2. The first-order valence-corrected chi connectivity index (χ1v) is 5.86. The topological polar surface area (TPSA) is 87.8 Å². The van der Waals surface area contributed by atoms with Gasteiger partial charge >= 0.3 is 0 Å². The number of nitrogens with two attached hydrogens (primary N) is 1. The summed E-state index contributed by atoms with van der Waals surface area (Å²) < 4.78 is 0. The molecule has 2 aromatic heterocycles. The van der Waals surface area contributed by atoms with Crippen molar-refractivity contribution in [1.29, 1.82) is 0 Å². The molecule has 0 aromatic carbocycles. The number of nitrogens with one attached hydrogen (secondary N) is 1. The van der Waals surface area contributed by atoms with Crippen LogP contribution in [0.5, 0.6) is 0 Å². The van der Waals surface area contributed by atoms with Gasteiger partial charge in [-0.1, -0.05) is 12.7 Å². The molecule has 2 rings (SSSR count). The minimum absolute atomic E-state index is 0.541. The Morgan fingerprint density at radius 2 is 2.16 bits per heavy atom. The number of nitrogens with zero attached hydrogens (tertiary/aromatic N) is 2. The standard InChI is InChI=1S/C14H16N4O/c1-3-10(14(15)19)8-12-9(2)17-18-13(12)11-4-6-16-7-5-11/h3-8,14,19H,1,15H2,2H3,(H,17,18). The Bertz CT molecular complexity index is 599. The fourth-order valence-corrected chi connectivity index (χ4v) is 1.78. The molecule has 2 heterocycles. The summed E-state index contributed by atoms with van der Waals surface area (Å²) in [4.78, 5) is 3.98. The van der Waals surface area contributed by atoms with Crippen LogP contribution >= 0.6 is 0 Å². The van der Waals surface area contributed by atoms with E-state index in [1.165, 1.54) is 6.08 Å². The van der Waals surface area contributed by atoms with Crippen molar-refractivity contribution in [3.05, 3.63) is 54.0 Å². The number of aliphatic hydroxyl groups excluding tert-OH is 1. The second kappa shape index (κ2) is 5.60. The number of aromatic amines is 1. The molecule has 0 radical (unpaired) electrons. The van der Waals surface area contributed by atoms with Crippen LogP contribution in [0.1, 0.15) is 11.3 Å². The van der Waals surface area contributed by atoms with Crippen LogP contribution in [-0.4, -0.2) is 26.5 Å². The van der Waals surface area contributed by atoms with E-state index >= 15 is 0 Å². The maximum absolute atomic E-state index is 9.46. The Morgan fingerprint density at radius 3 is 2.74 bits per heavy atom. The molecule has 0 saturated carbocycles. The molecule has 1 atom stereocenters. The summed E-state index contributed by atoms with van der Waals surface area (Å²) in [6, 6.07) is 3.75. The van der Waals surface area contributed by atoms with Crippen molar-refractivity contribution in [1.82, 2.24) is 15.2 Å². The summed E-state index contributed by atoms with van der Waals surface area (Å²) in [6.07, 6.45) is 5.68. The zero-order valence-electron chi connectivity index (χ0n) is 10.7. The molecule has 2 aromatic rings. The molecular formula is C14H16N4O. The van der Waals surface area contributed by atoms with Crippen molar-refractivity contribution in [2.24, 2.45) is 5.73 Å². The van der Waals surface area contributed by atoms with E-state index in [1.54, 1.807) is 18.5 Å². The summed E-state index contributed by atoms with van der Waals surface area (Å²) in [5.74, 6) is 0. The van der Waals surface area contributed by atoms with Crippen molar-refractivity contribution >= 4 is 6.08 Å². The third-order valence-corrected chi connectivity index (χ3v) is 2.84. The Hall–Kier alpha value is -2.24. The number of rotatable bonds is 4. The minimum Gasteiger partial charge on any atom is -0.375 e. The molecule has 0 bridgehead atoms. The molecule has 0 spiro atoms. The molecule has 98 valence electrons. The first-order chi connectivity index (χ1) is 9.13. The molecule has 0 aliphatic carbocycles. The molecule has 0 aliphatic heterocycles. The molecule has 0 amide bonds. The van der Waals surface area contributed by atoms with E-state index in [4.69, 9.17) is 5.73 Å². The summed E-state index contributed by atoms with van der Waals surface area (Å²) in [5, 5.41) is 16.7. The van der Waals surface area contributed by atoms with Crippen LogP contribution in [0.15, 0.2) is 42.8 Å². The summed E-state index contributed by atoms with van der Waals surface area (Å²) in [7, 11) is 0. The highest BCUT2D eigenvalue weighted by Crippen LogP contribution is 2.25. The SMILES string of the molecule is C=CC(=Cc1c(-c2ccncc2)n[nH]c1C)C(N)O. The van der Waals surface area contributed by atoms with E-state index in [0.717, 1.165) is 22.5 Å². The van der Waals surface area contributed by atoms with Crippen LogP contribution in [0.3, 0.4) is 0 Å². The van der Waals surface area contributed by atoms with Gasteiger partial charge in [0.15, 0.2) is 0 Å². The Kier molecular flexibility index (Phi) is 3.89. The highest BCUT2D eigenvalue weighted by molar-refractivity contribution is 5.74. The van der Waals surface area contributed by atoms with Gasteiger partial charge in [-0.05, 0) is 30.7 Å². The number of aliphatic hydroxyl groups is 1. The normalized spacial score (nSPS) is 13.3.